The quantitative estimate of drug-likeness (QED) is 0.363. The fourth-order valence-corrected chi connectivity index (χ4v) is 5.42. The lowest BCUT2D eigenvalue weighted by Crippen LogP contribution is -2.47. The third-order valence-electron chi connectivity index (χ3n) is 6.66. The number of carbonyl (C=O) groups excluding carboxylic acids is 3. The first-order valence-corrected chi connectivity index (χ1v) is 13.2. The molecule has 3 amide bonds. The summed E-state index contributed by atoms with van der Waals surface area (Å²) in [6, 6.07) is 8.77. The highest BCUT2D eigenvalue weighted by molar-refractivity contribution is 7.09. The maximum atomic E-state index is 14.2. The van der Waals surface area contributed by atoms with Gasteiger partial charge in [0.25, 0.3) is 11.8 Å². The first kappa shape index (κ1) is 27.8. The molecular formula is C27H30FN5O5S. The summed E-state index contributed by atoms with van der Waals surface area (Å²) in [5.41, 5.74) is 11.6. The molecule has 10 nitrogen and oxygen atoms in total. The summed E-state index contributed by atoms with van der Waals surface area (Å²) in [7, 11) is 2.90. The molecule has 1 saturated carbocycles. The topological polar surface area (TPSA) is 150 Å². The van der Waals surface area contributed by atoms with Crippen LogP contribution in [0.2, 0.25) is 0 Å². The smallest absolute Gasteiger partial charge is 0.273 e. The Morgan fingerprint density at radius 3 is 2.36 bits per heavy atom. The van der Waals surface area contributed by atoms with E-state index in [9.17, 15) is 18.8 Å². The van der Waals surface area contributed by atoms with Crippen LogP contribution in [-0.2, 0) is 4.79 Å². The van der Waals surface area contributed by atoms with Crippen LogP contribution in [0.25, 0.3) is 0 Å². The Morgan fingerprint density at radius 2 is 1.77 bits per heavy atom. The predicted octanol–water partition coefficient (Wildman–Crippen LogP) is 3.82. The van der Waals surface area contributed by atoms with Crippen molar-refractivity contribution in [3.63, 3.8) is 0 Å². The van der Waals surface area contributed by atoms with Crippen LogP contribution in [0.5, 0.6) is 11.5 Å². The van der Waals surface area contributed by atoms with Crippen molar-refractivity contribution in [2.45, 2.75) is 44.2 Å². The normalized spacial score (nSPS) is 14.3. The minimum atomic E-state index is -1.25. The van der Waals surface area contributed by atoms with E-state index in [0.29, 0.717) is 22.8 Å². The molecule has 2 aromatic carbocycles. The fraction of sp³-hybridized carbons (Fsp3) is 0.333. The molecule has 1 aliphatic carbocycles. The standard InChI is InChI=1S/C27H30FN5O5S/c1-37-18-12-13-19(20(14-18)38-2)33(27(36)24-21(29)22(25(30)34)32-39-24)23(15-8-10-16(28)11-9-15)26(35)31-17-6-4-3-5-7-17/h8-14,17,23H,3-7,29H2,1-2H3,(H2,30,34)(H,31,35)/t23-/m0/s1. The molecule has 1 atom stereocenters. The van der Waals surface area contributed by atoms with Gasteiger partial charge in [-0.25, -0.2) is 4.39 Å². The monoisotopic (exact) mass is 555 g/mol. The van der Waals surface area contributed by atoms with Crippen molar-refractivity contribution in [2.75, 3.05) is 24.9 Å². The van der Waals surface area contributed by atoms with Gasteiger partial charge in [-0.3, -0.25) is 19.3 Å². The van der Waals surface area contributed by atoms with Gasteiger partial charge in [-0.1, -0.05) is 31.4 Å². The van der Waals surface area contributed by atoms with E-state index in [2.05, 4.69) is 9.69 Å². The Morgan fingerprint density at radius 1 is 1.08 bits per heavy atom. The third-order valence-corrected chi connectivity index (χ3v) is 7.52. The van der Waals surface area contributed by atoms with Crippen molar-refractivity contribution in [3.05, 3.63) is 64.4 Å². The van der Waals surface area contributed by atoms with Gasteiger partial charge in [0.15, 0.2) is 5.69 Å². The van der Waals surface area contributed by atoms with Gasteiger partial charge in [0, 0.05) is 12.1 Å². The number of carbonyl (C=O) groups is 3. The van der Waals surface area contributed by atoms with Gasteiger partial charge >= 0.3 is 0 Å². The number of rotatable bonds is 9. The molecule has 4 rings (SSSR count). The van der Waals surface area contributed by atoms with Crippen LogP contribution in [-0.4, -0.2) is 42.4 Å². The number of nitrogens with one attached hydrogen (secondary N) is 1. The molecule has 0 aliphatic heterocycles. The van der Waals surface area contributed by atoms with E-state index in [-0.39, 0.29) is 33.7 Å². The van der Waals surface area contributed by atoms with Crippen LogP contribution in [0, 0.1) is 5.82 Å². The summed E-state index contributed by atoms with van der Waals surface area (Å²) in [5.74, 6) is -1.86. The van der Waals surface area contributed by atoms with Crippen LogP contribution in [0.1, 0.15) is 63.9 Å². The number of benzene rings is 2. The number of halogens is 1. The van der Waals surface area contributed by atoms with Crippen molar-refractivity contribution in [1.29, 1.82) is 0 Å². The fourth-order valence-electron chi connectivity index (χ4n) is 4.68. The molecule has 206 valence electrons. The summed E-state index contributed by atoms with van der Waals surface area (Å²) in [6.45, 7) is 0. The number of nitrogen functional groups attached to an aromatic ring is 1. The first-order chi connectivity index (χ1) is 18.7. The Balaban J connectivity index is 1.90. The number of primary amides is 1. The van der Waals surface area contributed by atoms with E-state index in [1.807, 2.05) is 0 Å². The number of amides is 3. The van der Waals surface area contributed by atoms with Crippen LogP contribution < -0.4 is 31.2 Å². The van der Waals surface area contributed by atoms with Crippen molar-refractivity contribution in [3.8, 4) is 11.5 Å². The van der Waals surface area contributed by atoms with Gasteiger partial charge in [0.1, 0.15) is 28.2 Å². The van der Waals surface area contributed by atoms with Gasteiger partial charge in [-0.15, -0.1) is 0 Å². The Hall–Kier alpha value is -4.19. The first-order valence-electron chi connectivity index (χ1n) is 12.4. The summed E-state index contributed by atoms with van der Waals surface area (Å²) < 4.78 is 28.8. The number of hydrogen-bond donors (Lipinski definition) is 3. The molecule has 39 heavy (non-hydrogen) atoms. The third kappa shape index (κ3) is 5.95. The number of hydrogen-bond acceptors (Lipinski definition) is 8. The molecule has 5 N–H and O–H groups in total. The molecule has 0 bridgehead atoms. The van der Waals surface area contributed by atoms with Crippen LogP contribution in [0.15, 0.2) is 42.5 Å². The molecule has 1 aromatic heterocycles. The van der Waals surface area contributed by atoms with Crippen molar-refractivity contribution < 1.29 is 28.2 Å². The van der Waals surface area contributed by atoms with Crippen molar-refractivity contribution in [2.24, 2.45) is 5.73 Å². The molecule has 0 spiro atoms. The molecule has 3 aromatic rings. The SMILES string of the molecule is COc1ccc(N(C(=O)c2snc(C(N)=O)c2N)[C@H](C(=O)NC2CCCCC2)c2ccc(F)cc2)c(OC)c1. The zero-order valence-electron chi connectivity index (χ0n) is 21.6. The molecule has 1 aliphatic rings. The number of ether oxygens (including phenoxy) is 2. The minimum Gasteiger partial charge on any atom is -0.497 e. The average Bonchev–Trinajstić information content (AvgIpc) is 3.33. The zero-order valence-corrected chi connectivity index (χ0v) is 22.4. The van der Waals surface area contributed by atoms with Gasteiger partial charge in [-0.05, 0) is 54.2 Å². The van der Waals surface area contributed by atoms with E-state index in [1.54, 1.807) is 18.2 Å². The number of anilines is 2. The van der Waals surface area contributed by atoms with Crippen LogP contribution in [0.4, 0.5) is 15.8 Å². The van der Waals surface area contributed by atoms with E-state index in [1.165, 1.54) is 43.4 Å². The highest BCUT2D eigenvalue weighted by Crippen LogP contribution is 2.40. The highest BCUT2D eigenvalue weighted by Gasteiger charge is 2.38. The summed E-state index contributed by atoms with van der Waals surface area (Å²) in [6.07, 6.45) is 4.67. The highest BCUT2D eigenvalue weighted by atomic mass is 32.1. The second-order valence-corrected chi connectivity index (χ2v) is 9.92. The Bertz CT molecular complexity index is 1360. The van der Waals surface area contributed by atoms with E-state index < -0.39 is 29.6 Å². The zero-order chi connectivity index (χ0) is 28.1. The van der Waals surface area contributed by atoms with Gasteiger partial charge in [-0.2, -0.15) is 4.37 Å². The predicted molar refractivity (Wildman–Crippen MR) is 146 cm³/mol. The lowest BCUT2D eigenvalue weighted by Gasteiger charge is -2.34. The maximum absolute atomic E-state index is 14.2. The molecule has 1 heterocycles. The van der Waals surface area contributed by atoms with Crippen LogP contribution in [0.3, 0.4) is 0 Å². The van der Waals surface area contributed by atoms with E-state index in [0.717, 1.165) is 32.1 Å². The second-order valence-electron chi connectivity index (χ2n) is 9.15. The average molecular weight is 556 g/mol. The molecule has 0 unspecified atom stereocenters. The van der Waals surface area contributed by atoms with Gasteiger partial charge in [0.2, 0.25) is 5.91 Å². The largest absolute Gasteiger partial charge is 0.497 e. The Labute approximate surface area is 229 Å². The number of aromatic nitrogens is 1. The van der Waals surface area contributed by atoms with E-state index in [4.69, 9.17) is 20.9 Å². The summed E-state index contributed by atoms with van der Waals surface area (Å²) in [4.78, 5) is 41.2. The van der Waals surface area contributed by atoms with Gasteiger partial charge in [0.05, 0.1) is 25.6 Å². The molecule has 0 saturated heterocycles. The second kappa shape index (κ2) is 12.1. The van der Waals surface area contributed by atoms with Crippen LogP contribution >= 0.6 is 11.5 Å². The number of nitrogens with two attached hydrogens (primary N) is 2. The summed E-state index contributed by atoms with van der Waals surface area (Å²) in [5, 5.41) is 3.08. The number of nitrogens with zero attached hydrogens (tertiary/aromatic N) is 2. The Kier molecular flexibility index (Phi) is 8.65. The molecule has 0 radical (unpaired) electrons. The van der Waals surface area contributed by atoms with Crippen molar-refractivity contribution >= 4 is 40.6 Å². The number of methoxy groups -OCH3 is 2. The van der Waals surface area contributed by atoms with E-state index >= 15 is 0 Å². The minimum absolute atomic E-state index is 0.0705. The molecule has 1 fully saturated rings. The lowest BCUT2D eigenvalue weighted by molar-refractivity contribution is -0.123. The van der Waals surface area contributed by atoms with Gasteiger partial charge < -0.3 is 26.3 Å². The summed E-state index contributed by atoms with van der Waals surface area (Å²) >= 11 is 0.695. The lowest BCUT2D eigenvalue weighted by atomic mass is 9.94. The molecule has 12 heteroatoms. The van der Waals surface area contributed by atoms with Crippen molar-refractivity contribution in [1.82, 2.24) is 9.69 Å². The maximum Gasteiger partial charge on any atom is 0.273 e. The molecular weight excluding hydrogens is 525 g/mol.